The molecule has 3 heteroatoms. The normalized spacial score (nSPS) is 21.6. The second-order valence-corrected chi connectivity index (χ2v) is 6.02. The van der Waals surface area contributed by atoms with Crippen LogP contribution in [-0.2, 0) is 6.42 Å². The summed E-state index contributed by atoms with van der Waals surface area (Å²) < 4.78 is 0. The predicted molar refractivity (Wildman–Crippen MR) is 75.5 cm³/mol. The number of rotatable bonds is 6. The molecule has 2 rings (SSSR count). The van der Waals surface area contributed by atoms with Gasteiger partial charge in [0.1, 0.15) is 0 Å². The second-order valence-electron chi connectivity index (χ2n) is 4.67. The highest BCUT2D eigenvalue weighted by atomic mass is 32.2. The van der Waals surface area contributed by atoms with Crippen molar-refractivity contribution in [2.45, 2.75) is 43.9 Å². The summed E-state index contributed by atoms with van der Waals surface area (Å²) in [5.74, 6) is 1.34. The van der Waals surface area contributed by atoms with Crippen molar-refractivity contribution in [2.75, 3.05) is 12.3 Å². The molecular weight excluding hydrogens is 228 g/mol. The van der Waals surface area contributed by atoms with Gasteiger partial charge in [0.05, 0.1) is 0 Å². The molecule has 1 aromatic rings. The van der Waals surface area contributed by atoms with Gasteiger partial charge in [0.25, 0.3) is 0 Å². The SMILES string of the molecule is CCCNC(Cc1ccncc1)C1CCCS1. The monoisotopic (exact) mass is 250 g/mol. The molecule has 1 N–H and O–H groups in total. The number of nitrogens with zero attached hydrogens (tertiary/aromatic N) is 1. The van der Waals surface area contributed by atoms with E-state index in [1.807, 2.05) is 12.4 Å². The van der Waals surface area contributed by atoms with E-state index in [0.29, 0.717) is 6.04 Å². The van der Waals surface area contributed by atoms with E-state index in [0.717, 1.165) is 18.2 Å². The predicted octanol–water partition coefficient (Wildman–Crippen LogP) is 2.89. The van der Waals surface area contributed by atoms with E-state index in [1.165, 1.54) is 30.6 Å². The molecule has 17 heavy (non-hydrogen) atoms. The topological polar surface area (TPSA) is 24.9 Å². The summed E-state index contributed by atoms with van der Waals surface area (Å²) in [5.41, 5.74) is 1.40. The average Bonchev–Trinajstić information content (AvgIpc) is 2.89. The lowest BCUT2D eigenvalue weighted by Gasteiger charge is -2.24. The number of pyridine rings is 1. The largest absolute Gasteiger partial charge is 0.313 e. The molecule has 2 nitrogen and oxygen atoms in total. The molecule has 1 aliphatic rings. The molecule has 1 aliphatic heterocycles. The zero-order chi connectivity index (χ0) is 11.9. The number of hydrogen-bond acceptors (Lipinski definition) is 3. The minimum Gasteiger partial charge on any atom is -0.313 e. The average molecular weight is 250 g/mol. The Morgan fingerprint density at radius 2 is 2.29 bits per heavy atom. The molecule has 0 aliphatic carbocycles. The minimum atomic E-state index is 0.629. The van der Waals surface area contributed by atoms with Crippen LogP contribution in [0.4, 0.5) is 0 Å². The van der Waals surface area contributed by atoms with Crippen LogP contribution in [-0.4, -0.2) is 28.6 Å². The highest BCUT2D eigenvalue weighted by Gasteiger charge is 2.25. The van der Waals surface area contributed by atoms with Gasteiger partial charge in [0.2, 0.25) is 0 Å². The Balaban J connectivity index is 1.94. The summed E-state index contributed by atoms with van der Waals surface area (Å²) in [6, 6.07) is 4.91. The van der Waals surface area contributed by atoms with Crippen LogP contribution >= 0.6 is 11.8 Å². The van der Waals surface area contributed by atoms with Crippen molar-refractivity contribution in [1.29, 1.82) is 0 Å². The maximum Gasteiger partial charge on any atom is 0.0270 e. The van der Waals surface area contributed by atoms with Crippen molar-refractivity contribution < 1.29 is 0 Å². The van der Waals surface area contributed by atoms with Crippen LogP contribution in [0.15, 0.2) is 24.5 Å². The van der Waals surface area contributed by atoms with Crippen molar-refractivity contribution in [3.8, 4) is 0 Å². The molecular formula is C14H22N2S. The van der Waals surface area contributed by atoms with E-state index in [-0.39, 0.29) is 0 Å². The lowest BCUT2D eigenvalue weighted by atomic mass is 10.0. The van der Waals surface area contributed by atoms with E-state index in [9.17, 15) is 0 Å². The Kier molecular flexibility index (Phi) is 5.33. The smallest absolute Gasteiger partial charge is 0.0270 e. The van der Waals surface area contributed by atoms with Crippen molar-refractivity contribution in [1.82, 2.24) is 10.3 Å². The standard InChI is InChI=1S/C14H22N2S/c1-2-7-16-13(14-4-3-10-17-14)11-12-5-8-15-9-6-12/h5-6,8-9,13-14,16H,2-4,7,10-11H2,1H3. The van der Waals surface area contributed by atoms with E-state index < -0.39 is 0 Å². The molecule has 1 saturated heterocycles. The zero-order valence-electron chi connectivity index (χ0n) is 10.6. The fourth-order valence-corrected chi connectivity index (χ4v) is 3.75. The van der Waals surface area contributed by atoms with Gasteiger partial charge >= 0.3 is 0 Å². The van der Waals surface area contributed by atoms with E-state index >= 15 is 0 Å². The lowest BCUT2D eigenvalue weighted by molar-refractivity contribution is 0.482. The molecule has 0 radical (unpaired) electrons. The van der Waals surface area contributed by atoms with Crippen LogP contribution in [0.1, 0.15) is 31.7 Å². The molecule has 2 heterocycles. The maximum absolute atomic E-state index is 4.09. The maximum atomic E-state index is 4.09. The van der Waals surface area contributed by atoms with Gasteiger partial charge in [-0.2, -0.15) is 11.8 Å². The van der Waals surface area contributed by atoms with Crippen LogP contribution in [0, 0.1) is 0 Å². The highest BCUT2D eigenvalue weighted by Crippen LogP contribution is 2.30. The first-order chi connectivity index (χ1) is 8.40. The van der Waals surface area contributed by atoms with E-state index in [1.54, 1.807) is 0 Å². The number of aromatic nitrogens is 1. The van der Waals surface area contributed by atoms with Gasteiger partial charge in [-0.15, -0.1) is 0 Å². The van der Waals surface area contributed by atoms with Crippen LogP contribution in [0.3, 0.4) is 0 Å². The van der Waals surface area contributed by atoms with Crippen LogP contribution in [0.2, 0.25) is 0 Å². The van der Waals surface area contributed by atoms with E-state index in [2.05, 4.69) is 41.1 Å². The minimum absolute atomic E-state index is 0.629. The first kappa shape index (κ1) is 12.9. The molecule has 0 bridgehead atoms. The van der Waals surface area contributed by atoms with Crippen molar-refractivity contribution in [3.63, 3.8) is 0 Å². The van der Waals surface area contributed by atoms with Gasteiger partial charge in [-0.3, -0.25) is 4.98 Å². The van der Waals surface area contributed by atoms with Crippen molar-refractivity contribution >= 4 is 11.8 Å². The molecule has 0 amide bonds. The van der Waals surface area contributed by atoms with Gasteiger partial charge in [0.15, 0.2) is 0 Å². The van der Waals surface area contributed by atoms with Crippen molar-refractivity contribution in [2.24, 2.45) is 0 Å². The van der Waals surface area contributed by atoms with Gasteiger partial charge in [0, 0.05) is 23.7 Å². The fourth-order valence-electron chi connectivity index (χ4n) is 2.36. The Morgan fingerprint density at radius 3 is 2.94 bits per heavy atom. The molecule has 0 spiro atoms. The summed E-state index contributed by atoms with van der Waals surface area (Å²) in [6.45, 7) is 3.37. The molecule has 2 atom stereocenters. The summed E-state index contributed by atoms with van der Waals surface area (Å²) in [4.78, 5) is 4.09. The summed E-state index contributed by atoms with van der Waals surface area (Å²) in [7, 11) is 0. The third-order valence-electron chi connectivity index (χ3n) is 3.28. The van der Waals surface area contributed by atoms with Gasteiger partial charge in [-0.1, -0.05) is 6.92 Å². The summed E-state index contributed by atoms with van der Waals surface area (Å²) >= 11 is 2.14. The van der Waals surface area contributed by atoms with Crippen molar-refractivity contribution in [3.05, 3.63) is 30.1 Å². The molecule has 0 aromatic carbocycles. The number of thioether (sulfide) groups is 1. The zero-order valence-corrected chi connectivity index (χ0v) is 11.4. The van der Waals surface area contributed by atoms with Gasteiger partial charge < -0.3 is 5.32 Å². The Bertz CT molecular complexity index is 309. The number of hydrogen-bond donors (Lipinski definition) is 1. The molecule has 1 aromatic heterocycles. The first-order valence-corrected chi connectivity index (χ1v) is 7.69. The molecule has 0 saturated carbocycles. The first-order valence-electron chi connectivity index (χ1n) is 6.64. The Labute approximate surface area is 109 Å². The number of nitrogens with one attached hydrogen (secondary N) is 1. The third kappa shape index (κ3) is 4.00. The van der Waals surface area contributed by atoms with Gasteiger partial charge in [-0.25, -0.2) is 0 Å². The van der Waals surface area contributed by atoms with Crippen LogP contribution < -0.4 is 5.32 Å². The van der Waals surface area contributed by atoms with Crippen LogP contribution in [0.5, 0.6) is 0 Å². The second kappa shape index (κ2) is 7.02. The molecule has 94 valence electrons. The molecule has 2 unspecified atom stereocenters. The molecule has 1 fully saturated rings. The van der Waals surface area contributed by atoms with Crippen LogP contribution in [0.25, 0.3) is 0 Å². The Morgan fingerprint density at radius 1 is 1.47 bits per heavy atom. The van der Waals surface area contributed by atoms with Gasteiger partial charge in [-0.05, 0) is 55.7 Å². The summed E-state index contributed by atoms with van der Waals surface area (Å²) in [6.07, 6.45) is 8.90. The summed E-state index contributed by atoms with van der Waals surface area (Å²) in [5, 5.41) is 4.52. The third-order valence-corrected chi connectivity index (χ3v) is 4.79. The lowest BCUT2D eigenvalue weighted by Crippen LogP contribution is -2.39. The quantitative estimate of drug-likeness (QED) is 0.840. The Hall–Kier alpha value is -0.540. The fraction of sp³-hybridized carbons (Fsp3) is 0.643. The van der Waals surface area contributed by atoms with E-state index in [4.69, 9.17) is 0 Å². The highest BCUT2D eigenvalue weighted by molar-refractivity contribution is 8.00.